The maximum atomic E-state index is 12.9. The average molecular weight is 324 g/mol. The fourth-order valence-electron chi connectivity index (χ4n) is 1.94. The maximum absolute atomic E-state index is 12.9. The van der Waals surface area contributed by atoms with Gasteiger partial charge in [-0.2, -0.15) is 13.2 Å². The van der Waals surface area contributed by atoms with Crippen LogP contribution in [0.15, 0.2) is 48.5 Å². The summed E-state index contributed by atoms with van der Waals surface area (Å²) in [6.07, 6.45) is -4.58. The van der Waals surface area contributed by atoms with Crippen LogP contribution in [0, 0.1) is 10.1 Å². The Kier molecular flexibility index (Phi) is 4.63. The number of nitro groups is 1. The third kappa shape index (κ3) is 4.29. The van der Waals surface area contributed by atoms with E-state index in [-0.39, 0.29) is 11.3 Å². The molecule has 0 radical (unpaired) electrons. The normalized spacial score (nSPS) is 11.1. The van der Waals surface area contributed by atoms with Crippen molar-refractivity contribution in [2.24, 2.45) is 0 Å². The Bertz CT molecular complexity index is 727. The van der Waals surface area contributed by atoms with Crippen LogP contribution in [0.25, 0.3) is 0 Å². The molecule has 2 aromatic rings. The topological polar surface area (TPSA) is 72.2 Å². The highest BCUT2D eigenvalue weighted by atomic mass is 19.4. The van der Waals surface area contributed by atoms with Crippen LogP contribution in [0.5, 0.6) is 0 Å². The molecule has 0 saturated heterocycles. The van der Waals surface area contributed by atoms with Crippen molar-refractivity contribution in [1.82, 2.24) is 0 Å². The lowest BCUT2D eigenvalue weighted by Gasteiger charge is -2.13. The predicted molar refractivity (Wildman–Crippen MR) is 76.5 cm³/mol. The highest BCUT2D eigenvalue weighted by Crippen LogP contribution is 2.34. The number of carbonyl (C=O) groups excluding carboxylic acids is 1. The summed E-state index contributed by atoms with van der Waals surface area (Å²) in [5, 5.41) is 12.6. The number of benzene rings is 2. The molecule has 2 aromatic carbocycles. The molecule has 23 heavy (non-hydrogen) atoms. The number of alkyl halides is 3. The van der Waals surface area contributed by atoms with Gasteiger partial charge in [0.15, 0.2) is 0 Å². The third-order valence-corrected chi connectivity index (χ3v) is 3.01. The van der Waals surface area contributed by atoms with Crippen molar-refractivity contribution < 1.29 is 22.9 Å². The fraction of sp³-hybridized carbons (Fsp3) is 0.133. The molecule has 0 bridgehead atoms. The number of anilines is 1. The van der Waals surface area contributed by atoms with E-state index in [9.17, 15) is 28.1 Å². The second kappa shape index (κ2) is 6.47. The standard InChI is InChI=1S/C15H11F3N2O3/c16-15(17,18)12-3-1-2-4-13(12)19-14(21)11-7-5-10(6-8-11)9-20(22)23/h1-8H,9H2,(H,19,21). The lowest BCUT2D eigenvalue weighted by atomic mass is 10.1. The van der Waals surface area contributed by atoms with Gasteiger partial charge >= 0.3 is 6.18 Å². The molecule has 2 rings (SSSR count). The number of amides is 1. The molecule has 0 heterocycles. The molecule has 0 aliphatic rings. The Morgan fingerprint density at radius 1 is 1.09 bits per heavy atom. The number of nitrogens with zero attached hydrogens (tertiary/aromatic N) is 1. The van der Waals surface area contributed by atoms with E-state index in [1.165, 1.54) is 36.4 Å². The van der Waals surface area contributed by atoms with Crippen molar-refractivity contribution in [3.63, 3.8) is 0 Å². The van der Waals surface area contributed by atoms with Crippen LogP contribution in [-0.2, 0) is 12.7 Å². The quantitative estimate of drug-likeness (QED) is 0.688. The van der Waals surface area contributed by atoms with Gasteiger partial charge in [-0.1, -0.05) is 24.3 Å². The number of para-hydroxylation sites is 1. The maximum Gasteiger partial charge on any atom is 0.418 e. The van der Waals surface area contributed by atoms with Crippen molar-refractivity contribution in [3.8, 4) is 0 Å². The van der Waals surface area contributed by atoms with Gasteiger partial charge in [-0.05, 0) is 24.3 Å². The summed E-state index contributed by atoms with van der Waals surface area (Å²) in [5.41, 5.74) is -0.797. The molecule has 0 atom stereocenters. The minimum absolute atomic E-state index is 0.106. The van der Waals surface area contributed by atoms with Crippen molar-refractivity contribution in [2.45, 2.75) is 12.7 Å². The van der Waals surface area contributed by atoms with Crippen LogP contribution in [0.4, 0.5) is 18.9 Å². The van der Waals surface area contributed by atoms with E-state index >= 15 is 0 Å². The molecular formula is C15H11F3N2O3. The van der Waals surface area contributed by atoms with Crippen LogP contribution in [0.2, 0.25) is 0 Å². The summed E-state index contributed by atoms with van der Waals surface area (Å²) < 4.78 is 38.6. The number of carbonyl (C=O) groups is 1. The number of nitrogens with one attached hydrogen (secondary N) is 1. The molecule has 0 aromatic heterocycles. The molecule has 0 aliphatic carbocycles. The second-order valence-electron chi connectivity index (χ2n) is 4.69. The Morgan fingerprint density at radius 2 is 1.70 bits per heavy atom. The summed E-state index contributed by atoms with van der Waals surface area (Å²) in [6.45, 7) is -0.390. The molecule has 120 valence electrons. The highest BCUT2D eigenvalue weighted by Gasteiger charge is 2.33. The molecule has 5 nitrogen and oxygen atoms in total. The monoisotopic (exact) mass is 324 g/mol. The molecule has 8 heteroatoms. The first-order valence-corrected chi connectivity index (χ1v) is 6.45. The average Bonchev–Trinajstić information content (AvgIpc) is 2.46. The number of hydrogen-bond donors (Lipinski definition) is 1. The van der Waals surface area contributed by atoms with Gasteiger partial charge in [-0.3, -0.25) is 14.9 Å². The van der Waals surface area contributed by atoms with Crippen molar-refractivity contribution in [1.29, 1.82) is 0 Å². The SMILES string of the molecule is O=C(Nc1ccccc1C(F)(F)F)c1ccc(C[N+](=O)[O-])cc1. The van der Waals surface area contributed by atoms with Gasteiger partial charge in [0.25, 0.3) is 5.91 Å². The van der Waals surface area contributed by atoms with Crippen LogP contribution in [0.3, 0.4) is 0 Å². The first kappa shape index (κ1) is 16.5. The lowest BCUT2D eigenvalue weighted by molar-refractivity contribution is -0.496. The molecule has 1 amide bonds. The summed E-state index contributed by atoms with van der Waals surface area (Å²) in [4.78, 5) is 21.9. The van der Waals surface area contributed by atoms with E-state index in [1.54, 1.807) is 0 Å². The Labute approximate surface area is 128 Å². The van der Waals surface area contributed by atoms with Gasteiger partial charge in [-0.15, -0.1) is 0 Å². The smallest absolute Gasteiger partial charge is 0.321 e. The van der Waals surface area contributed by atoms with E-state index < -0.39 is 29.1 Å². The zero-order valence-corrected chi connectivity index (χ0v) is 11.6. The van der Waals surface area contributed by atoms with Crippen molar-refractivity contribution in [2.75, 3.05) is 5.32 Å². The number of rotatable bonds is 4. The van der Waals surface area contributed by atoms with Gasteiger partial charge in [0, 0.05) is 16.1 Å². The van der Waals surface area contributed by atoms with Crippen molar-refractivity contribution in [3.05, 3.63) is 75.3 Å². The summed E-state index contributed by atoms with van der Waals surface area (Å²) in [5.74, 6) is -0.727. The molecule has 0 fully saturated rings. The molecule has 0 aliphatic heterocycles. The number of hydrogen-bond acceptors (Lipinski definition) is 3. The molecule has 0 spiro atoms. The van der Waals surface area contributed by atoms with Gasteiger partial charge < -0.3 is 5.32 Å². The number of halogens is 3. The molecule has 0 saturated carbocycles. The summed E-state index contributed by atoms with van der Waals surface area (Å²) >= 11 is 0. The van der Waals surface area contributed by atoms with Crippen LogP contribution < -0.4 is 5.32 Å². The van der Waals surface area contributed by atoms with E-state index in [0.717, 1.165) is 12.1 Å². The van der Waals surface area contributed by atoms with Gasteiger partial charge in [0.05, 0.1) is 11.3 Å². The predicted octanol–water partition coefficient (Wildman–Crippen LogP) is 3.73. The summed E-state index contributed by atoms with van der Waals surface area (Å²) in [7, 11) is 0. The lowest BCUT2D eigenvalue weighted by Crippen LogP contribution is -2.16. The Morgan fingerprint density at radius 3 is 2.26 bits per heavy atom. The van der Waals surface area contributed by atoms with E-state index in [2.05, 4.69) is 5.32 Å². The first-order valence-electron chi connectivity index (χ1n) is 6.45. The van der Waals surface area contributed by atoms with Gasteiger partial charge in [0.1, 0.15) is 0 Å². The van der Waals surface area contributed by atoms with E-state index in [0.29, 0.717) is 5.56 Å². The minimum atomic E-state index is -4.58. The van der Waals surface area contributed by atoms with Crippen LogP contribution in [0.1, 0.15) is 21.5 Å². The Balaban J connectivity index is 2.18. The van der Waals surface area contributed by atoms with Gasteiger partial charge in [0.2, 0.25) is 6.54 Å². The highest BCUT2D eigenvalue weighted by molar-refractivity contribution is 6.04. The van der Waals surface area contributed by atoms with Crippen LogP contribution in [-0.4, -0.2) is 10.8 Å². The molecular weight excluding hydrogens is 313 g/mol. The van der Waals surface area contributed by atoms with Crippen LogP contribution >= 0.6 is 0 Å². The third-order valence-electron chi connectivity index (χ3n) is 3.01. The van der Waals surface area contributed by atoms with E-state index in [1.807, 2.05) is 0 Å². The van der Waals surface area contributed by atoms with Gasteiger partial charge in [-0.25, -0.2) is 0 Å². The molecule has 1 N–H and O–H groups in total. The summed E-state index contributed by atoms with van der Waals surface area (Å²) in [6, 6.07) is 10.0. The zero-order chi connectivity index (χ0) is 17.0. The zero-order valence-electron chi connectivity index (χ0n) is 11.6. The first-order chi connectivity index (χ1) is 10.8. The largest absolute Gasteiger partial charge is 0.418 e. The molecule has 0 unspecified atom stereocenters. The Hall–Kier alpha value is -2.90. The fourth-order valence-corrected chi connectivity index (χ4v) is 1.94. The second-order valence-corrected chi connectivity index (χ2v) is 4.69. The minimum Gasteiger partial charge on any atom is -0.321 e. The van der Waals surface area contributed by atoms with E-state index in [4.69, 9.17) is 0 Å². The van der Waals surface area contributed by atoms with Crippen molar-refractivity contribution >= 4 is 11.6 Å².